The lowest BCUT2D eigenvalue weighted by Gasteiger charge is -2.53. The molecule has 0 aliphatic carbocycles. The molecule has 0 atom stereocenters. The maximum atomic E-state index is 12.6. The number of aryl methyl sites for hydroxylation is 1. The van der Waals surface area contributed by atoms with Crippen molar-refractivity contribution in [2.45, 2.75) is 24.9 Å². The Morgan fingerprint density at radius 1 is 1.18 bits per heavy atom. The number of methoxy groups -OCH3 is 1. The van der Waals surface area contributed by atoms with Crippen molar-refractivity contribution in [2.24, 2.45) is 5.41 Å². The van der Waals surface area contributed by atoms with Gasteiger partial charge in [0.25, 0.3) is 0 Å². The lowest BCUT2D eigenvalue weighted by atomic mass is 9.72. The minimum Gasteiger partial charge on any atom is -0.497 e. The van der Waals surface area contributed by atoms with Gasteiger partial charge in [-0.15, -0.1) is 10.2 Å². The van der Waals surface area contributed by atoms with Crippen LogP contribution in [0.5, 0.6) is 5.75 Å². The molecule has 2 fully saturated rings. The predicted molar refractivity (Wildman–Crippen MR) is 109 cm³/mol. The number of aromatic nitrogens is 3. The summed E-state index contributed by atoms with van der Waals surface area (Å²) >= 11 is 1.45. The van der Waals surface area contributed by atoms with E-state index in [1.54, 1.807) is 7.11 Å². The van der Waals surface area contributed by atoms with Crippen LogP contribution in [0, 0.1) is 12.3 Å². The van der Waals surface area contributed by atoms with Gasteiger partial charge in [-0.05, 0) is 64.2 Å². The second-order valence-electron chi connectivity index (χ2n) is 7.90. The molecule has 2 aliphatic heterocycles. The molecule has 2 saturated heterocycles. The third-order valence-electron chi connectivity index (χ3n) is 5.90. The van der Waals surface area contributed by atoms with E-state index in [4.69, 9.17) is 4.74 Å². The molecule has 8 heteroatoms. The molecular weight excluding hydrogens is 374 g/mol. The predicted octanol–water partition coefficient (Wildman–Crippen LogP) is 2.23. The number of piperidine rings is 1. The Balaban J connectivity index is 1.36. The van der Waals surface area contributed by atoms with E-state index in [0.717, 1.165) is 48.6 Å². The normalized spacial score (nSPS) is 18.9. The zero-order valence-corrected chi connectivity index (χ0v) is 17.5. The highest BCUT2D eigenvalue weighted by molar-refractivity contribution is 7.99. The molecule has 0 saturated carbocycles. The molecule has 1 aromatic carbocycles. The highest BCUT2D eigenvalue weighted by Crippen LogP contribution is 2.40. The Morgan fingerprint density at radius 2 is 1.86 bits per heavy atom. The van der Waals surface area contributed by atoms with Crippen molar-refractivity contribution in [1.29, 1.82) is 0 Å². The Hall–Kier alpha value is -2.06. The van der Waals surface area contributed by atoms with Gasteiger partial charge in [-0.3, -0.25) is 9.36 Å². The zero-order chi connectivity index (χ0) is 19.7. The van der Waals surface area contributed by atoms with Gasteiger partial charge in [0.1, 0.15) is 11.6 Å². The number of ether oxygens (including phenoxy) is 1. The molecule has 1 aromatic heterocycles. The summed E-state index contributed by atoms with van der Waals surface area (Å²) in [7, 11) is 3.82. The number of carbonyl (C=O) groups excluding carboxylic acids is 1. The maximum absolute atomic E-state index is 12.6. The lowest BCUT2D eigenvalue weighted by Crippen LogP contribution is -2.61. The van der Waals surface area contributed by atoms with Gasteiger partial charge in [-0.1, -0.05) is 11.8 Å². The van der Waals surface area contributed by atoms with Gasteiger partial charge in [0.2, 0.25) is 5.91 Å². The number of hydrogen-bond donors (Lipinski definition) is 0. The highest BCUT2D eigenvalue weighted by atomic mass is 32.2. The summed E-state index contributed by atoms with van der Waals surface area (Å²) in [6.45, 7) is 6.01. The van der Waals surface area contributed by atoms with Gasteiger partial charge in [-0.25, -0.2) is 0 Å². The number of hydrogen-bond acceptors (Lipinski definition) is 6. The molecular formula is C20H27N5O2S. The first-order chi connectivity index (χ1) is 13.5. The summed E-state index contributed by atoms with van der Waals surface area (Å²) in [6.07, 6.45) is 2.40. The molecule has 0 radical (unpaired) electrons. The second kappa shape index (κ2) is 7.75. The zero-order valence-electron chi connectivity index (χ0n) is 16.7. The van der Waals surface area contributed by atoms with E-state index >= 15 is 0 Å². The number of rotatable bonds is 5. The van der Waals surface area contributed by atoms with Crippen LogP contribution in [0.15, 0.2) is 29.4 Å². The number of amides is 1. The van der Waals surface area contributed by atoms with E-state index < -0.39 is 0 Å². The third kappa shape index (κ3) is 3.75. The van der Waals surface area contributed by atoms with E-state index in [1.165, 1.54) is 24.6 Å². The summed E-state index contributed by atoms with van der Waals surface area (Å²) in [5.41, 5.74) is 1.33. The van der Waals surface area contributed by atoms with E-state index in [-0.39, 0.29) is 5.91 Å². The van der Waals surface area contributed by atoms with Crippen molar-refractivity contribution < 1.29 is 9.53 Å². The second-order valence-corrected chi connectivity index (χ2v) is 8.85. The Bertz CT molecular complexity index is 835. The minimum atomic E-state index is 0.191. The van der Waals surface area contributed by atoms with Gasteiger partial charge < -0.3 is 14.5 Å². The van der Waals surface area contributed by atoms with Gasteiger partial charge >= 0.3 is 0 Å². The molecule has 1 spiro atoms. The van der Waals surface area contributed by atoms with Crippen LogP contribution in [-0.2, 0) is 4.79 Å². The molecule has 3 heterocycles. The van der Waals surface area contributed by atoms with Crippen molar-refractivity contribution >= 4 is 17.7 Å². The fraction of sp³-hybridized carbons (Fsp3) is 0.550. The Kier molecular flexibility index (Phi) is 5.33. The van der Waals surface area contributed by atoms with Crippen LogP contribution in [-0.4, -0.2) is 76.6 Å². The summed E-state index contributed by atoms with van der Waals surface area (Å²) in [4.78, 5) is 17.0. The average Bonchev–Trinajstić information content (AvgIpc) is 3.05. The van der Waals surface area contributed by atoms with Crippen molar-refractivity contribution in [3.63, 3.8) is 0 Å². The molecule has 0 N–H and O–H groups in total. The van der Waals surface area contributed by atoms with E-state index in [9.17, 15) is 4.79 Å². The minimum absolute atomic E-state index is 0.191. The molecule has 2 aromatic rings. The molecule has 28 heavy (non-hydrogen) atoms. The van der Waals surface area contributed by atoms with Crippen molar-refractivity contribution in [3.05, 3.63) is 30.1 Å². The van der Waals surface area contributed by atoms with Crippen LogP contribution >= 0.6 is 11.8 Å². The lowest BCUT2D eigenvalue weighted by molar-refractivity contribution is -0.143. The number of benzene rings is 1. The Morgan fingerprint density at radius 3 is 2.50 bits per heavy atom. The van der Waals surface area contributed by atoms with E-state index in [2.05, 4.69) is 22.1 Å². The van der Waals surface area contributed by atoms with Gasteiger partial charge in [-0.2, -0.15) is 0 Å². The Labute approximate surface area is 170 Å². The standard InChI is InChI=1S/C20H27N5O2S/c1-15-21-22-19(25(15)16-4-6-17(27-3)7-5-16)28-12-18(26)24-13-20(14-24)8-10-23(2)11-9-20/h4-7H,8-14H2,1-3H3. The molecule has 4 rings (SSSR count). The van der Waals surface area contributed by atoms with Gasteiger partial charge in [0.15, 0.2) is 5.16 Å². The number of thioether (sulfide) groups is 1. The van der Waals surface area contributed by atoms with Crippen LogP contribution < -0.4 is 4.74 Å². The first kappa shape index (κ1) is 19.3. The van der Waals surface area contributed by atoms with Crippen LogP contribution in [0.25, 0.3) is 5.69 Å². The summed E-state index contributed by atoms with van der Waals surface area (Å²) in [5, 5.41) is 9.21. The first-order valence-corrected chi connectivity index (χ1v) is 10.6. The molecule has 2 aliphatic rings. The van der Waals surface area contributed by atoms with Crippen molar-refractivity contribution in [1.82, 2.24) is 24.6 Å². The summed E-state index contributed by atoms with van der Waals surface area (Å²) in [6, 6.07) is 7.77. The smallest absolute Gasteiger partial charge is 0.233 e. The number of likely N-dealkylation sites (tertiary alicyclic amines) is 2. The quantitative estimate of drug-likeness (QED) is 0.716. The average molecular weight is 402 g/mol. The van der Waals surface area contributed by atoms with E-state index in [1.807, 2.05) is 40.7 Å². The third-order valence-corrected chi connectivity index (χ3v) is 6.82. The van der Waals surface area contributed by atoms with E-state index in [0.29, 0.717) is 11.2 Å². The topological polar surface area (TPSA) is 63.5 Å². The van der Waals surface area contributed by atoms with Gasteiger partial charge in [0.05, 0.1) is 12.9 Å². The molecule has 150 valence electrons. The summed E-state index contributed by atoms with van der Waals surface area (Å²) < 4.78 is 7.20. The van der Waals surface area contributed by atoms with Crippen LogP contribution in [0.2, 0.25) is 0 Å². The highest BCUT2D eigenvalue weighted by Gasteiger charge is 2.45. The van der Waals surface area contributed by atoms with Crippen molar-refractivity contribution in [2.75, 3.05) is 46.1 Å². The largest absolute Gasteiger partial charge is 0.497 e. The number of carbonyl (C=O) groups is 1. The van der Waals surface area contributed by atoms with Crippen molar-refractivity contribution in [3.8, 4) is 11.4 Å². The molecule has 0 bridgehead atoms. The number of nitrogens with zero attached hydrogens (tertiary/aromatic N) is 5. The molecule has 7 nitrogen and oxygen atoms in total. The SMILES string of the molecule is COc1ccc(-n2c(C)nnc2SCC(=O)N2CC3(CCN(C)CC3)C2)cc1. The van der Waals surface area contributed by atoms with Crippen LogP contribution in [0.4, 0.5) is 0 Å². The fourth-order valence-corrected chi connectivity index (χ4v) is 4.93. The maximum Gasteiger partial charge on any atom is 0.233 e. The van der Waals surface area contributed by atoms with Crippen LogP contribution in [0.1, 0.15) is 18.7 Å². The molecule has 0 unspecified atom stereocenters. The monoisotopic (exact) mass is 401 g/mol. The van der Waals surface area contributed by atoms with Gasteiger partial charge in [0, 0.05) is 24.2 Å². The first-order valence-electron chi connectivity index (χ1n) is 9.65. The summed E-state index contributed by atoms with van der Waals surface area (Å²) in [5.74, 6) is 2.19. The fourth-order valence-electron chi connectivity index (χ4n) is 4.03. The molecule has 1 amide bonds. The van der Waals surface area contributed by atoms with Crippen LogP contribution in [0.3, 0.4) is 0 Å².